The third kappa shape index (κ3) is 4.80. The monoisotopic (exact) mass is 388 g/mol. The molecule has 3 aromatic rings. The number of thiazole rings is 1. The SMILES string of the molecule is CC(=O)NC(CC(=O)OCc1nc2ccccc2s1)c1ccc(Cl)cc1. The van der Waals surface area contributed by atoms with Crippen LogP contribution in [0.25, 0.3) is 10.2 Å². The van der Waals surface area contributed by atoms with Gasteiger partial charge >= 0.3 is 5.97 Å². The number of nitrogens with zero attached hydrogens (tertiary/aromatic N) is 1. The summed E-state index contributed by atoms with van der Waals surface area (Å²) in [7, 11) is 0. The predicted molar refractivity (Wildman–Crippen MR) is 102 cm³/mol. The van der Waals surface area contributed by atoms with Crippen molar-refractivity contribution in [3.63, 3.8) is 0 Å². The summed E-state index contributed by atoms with van der Waals surface area (Å²) in [6.07, 6.45) is 0.0338. The van der Waals surface area contributed by atoms with Crippen molar-refractivity contribution in [2.75, 3.05) is 0 Å². The molecule has 0 radical (unpaired) electrons. The second-order valence-electron chi connectivity index (χ2n) is 5.74. The molecule has 1 N–H and O–H groups in total. The summed E-state index contributed by atoms with van der Waals surface area (Å²) in [5, 5.41) is 4.10. The number of hydrogen-bond donors (Lipinski definition) is 1. The number of aromatic nitrogens is 1. The van der Waals surface area contributed by atoms with E-state index in [1.54, 1.807) is 24.3 Å². The number of carbonyl (C=O) groups is 2. The maximum atomic E-state index is 12.2. The van der Waals surface area contributed by atoms with Crippen LogP contribution in [0.2, 0.25) is 5.02 Å². The van der Waals surface area contributed by atoms with Crippen molar-refractivity contribution in [2.24, 2.45) is 0 Å². The van der Waals surface area contributed by atoms with Crippen LogP contribution in [0.1, 0.15) is 30.0 Å². The van der Waals surface area contributed by atoms with Gasteiger partial charge in [0.05, 0.1) is 22.7 Å². The van der Waals surface area contributed by atoms with Crippen LogP contribution in [0, 0.1) is 0 Å². The molecular weight excluding hydrogens is 372 g/mol. The lowest BCUT2D eigenvalue weighted by Crippen LogP contribution is -2.28. The Kier molecular flexibility index (Phi) is 5.85. The fourth-order valence-electron chi connectivity index (χ4n) is 2.54. The Balaban J connectivity index is 1.63. The maximum absolute atomic E-state index is 12.2. The highest BCUT2D eigenvalue weighted by atomic mass is 35.5. The average molecular weight is 389 g/mol. The minimum Gasteiger partial charge on any atom is -0.458 e. The molecule has 0 saturated carbocycles. The van der Waals surface area contributed by atoms with Crippen LogP contribution in [0.15, 0.2) is 48.5 Å². The third-order valence-electron chi connectivity index (χ3n) is 3.72. The highest BCUT2D eigenvalue weighted by Gasteiger charge is 2.18. The molecule has 7 heteroatoms. The van der Waals surface area contributed by atoms with Crippen LogP contribution < -0.4 is 5.32 Å². The fourth-order valence-corrected chi connectivity index (χ4v) is 3.55. The zero-order valence-corrected chi connectivity index (χ0v) is 15.6. The van der Waals surface area contributed by atoms with E-state index < -0.39 is 12.0 Å². The fraction of sp³-hybridized carbons (Fsp3) is 0.211. The second-order valence-corrected chi connectivity index (χ2v) is 7.30. The number of hydrogen-bond acceptors (Lipinski definition) is 5. The molecule has 134 valence electrons. The molecule has 1 unspecified atom stereocenters. The Morgan fingerprint density at radius 3 is 2.62 bits per heavy atom. The molecule has 1 heterocycles. The number of para-hydroxylation sites is 1. The Bertz CT molecular complexity index is 891. The molecule has 1 atom stereocenters. The summed E-state index contributed by atoms with van der Waals surface area (Å²) < 4.78 is 6.40. The number of nitrogens with one attached hydrogen (secondary N) is 1. The van der Waals surface area contributed by atoms with Crippen LogP contribution >= 0.6 is 22.9 Å². The Morgan fingerprint density at radius 1 is 1.19 bits per heavy atom. The lowest BCUT2D eigenvalue weighted by molar-refractivity contribution is -0.145. The largest absolute Gasteiger partial charge is 0.458 e. The van der Waals surface area contributed by atoms with Gasteiger partial charge in [-0.05, 0) is 29.8 Å². The van der Waals surface area contributed by atoms with Crippen LogP contribution in [0.3, 0.4) is 0 Å². The number of ether oxygens (including phenoxy) is 1. The van der Waals surface area contributed by atoms with Gasteiger partial charge in [0, 0.05) is 11.9 Å². The van der Waals surface area contributed by atoms with Crippen LogP contribution in [0.5, 0.6) is 0 Å². The molecular formula is C19H17ClN2O3S. The van der Waals surface area contributed by atoms with Crippen LogP contribution in [-0.2, 0) is 20.9 Å². The van der Waals surface area contributed by atoms with Gasteiger partial charge in [-0.25, -0.2) is 4.98 Å². The van der Waals surface area contributed by atoms with Crippen molar-refractivity contribution in [3.05, 3.63) is 64.1 Å². The summed E-state index contributed by atoms with van der Waals surface area (Å²) >= 11 is 7.39. The molecule has 0 bridgehead atoms. The quantitative estimate of drug-likeness (QED) is 0.640. The van der Waals surface area contributed by atoms with Gasteiger partial charge in [0.1, 0.15) is 11.6 Å². The Hall–Kier alpha value is -2.44. The van der Waals surface area contributed by atoms with E-state index in [0.717, 1.165) is 20.8 Å². The zero-order valence-electron chi connectivity index (χ0n) is 14.1. The van der Waals surface area contributed by atoms with Gasteiger partial charge in [-0.2, -0.15) is 0 Å². The second kappa shape index (κ2) is 8.29. The lowest BCUT2D eigenvalue weighted by Gasteiger charge is -2.17. The highest BCUT2D eigenvalue weighted by Crippen LogP contribution is 2.23. The number of rotatable bonds is 6. The smallest absolute Gasteiger partial charge is 0.308 e. The molecule has 0 fully saturated rings. The van der Waals surface area contributed by atoms with Gasteiger partial charge in [-0.3, -0.25) is 9.59 Å². The molecule has 0 aliphatic heterocycles. The number of fused-ring (bicyclic) bond motifs is 1. The van der Waals surface area contributed by atoms with Crippen LogP contribution in [-0.4, -0.2) is 16.9 Å². The number of halogens is 1. The zero-order chi connectivity index (χ0) is 18.5. The number of amides is 1. The number of esters is 1. The van der Waals surface area contributed by atoms with Gasteiger partial charge in [-0.15, -0.1) is 11.3 Å². The molecule has 0 saturated heterocycles. The minimum atomic E-state index is -0.465. The predicted octanol–water partition coefficient (Wildman–Crippen LogP) is 4.26. The number of carbonyl (C=O) groups excluding carboxylic acids is 2. The maximum Gasteiger partial charge on any atom is 0.308 e. The van der Waals surface area contributed by atoms with Gasteiger partial charge < -0.3 is 10.1 Å². The molecule has 5 nitrogen and oxygen atoms in total. The van der Waals surface area contributed by atoms with Crippen LogP contribution in [0.4, 0.5) is 0 Å². The van der Waals surface area contributed by atoms with Crippen molar-refractivity contribution < 1.29 is 14.3 Å². The van der Waals surface area contributed by atoms with E-state index in [-0.39, 0.29) is 18.9 Å². The molecule has 0 aliphatic carbocycles. The number of benzene rings is 2. The van der Waals surface area contributed by atoms with Gasteiger partial charge in [0.25, 0.3) is 0 Å². The first-order chi connectivity index (χ1) is 12.5. The van der Waals surface area contributed by atoms with Gasteiger partial charge in [0.2, 0.25) is 5.91 Å². The summed E-state index contributed by atoms with van der Waals surface area (Å²) in [5.74, 6) is -0.623. The average Bonchev–Trinajstić information content (AvgIpc) is 3.03. The van der Waals surface area contributed by atoms with E-state index >= 15 is 0 Å². The first-order valence-electron chi connectivity index (χ1n) is 8.04. The summed E-state index contributed by atoms with van der Waals surface area (Å²) in [5.41, 5.74) is 1.68. The standard InChI is InChI=1S/C19H17ClN2O3S/c1-12(23)21-16(13-6-8-14(20)9-7-13)10-19(24)25-11-18-22-15-4-2-3-5-17(15)26-18/h2-9,16H,10-11H2,1H3,(H,21,23). The summed E-state index contributed by atoms with van der Waals surface area (Å²) in [4.78, 5) is 28.1. The Labute approximate surface area is 160 Å². The van der Waals surface area contributed by atoms with E-state index in [4.69, 9.17) is 16.3 Å². The first kappa shape index (κ1) is 18.4. The van der Waals surface area contributed by atoms with Gasteiger partial charge in [-0.1, -0.05) is 35.9 Å². The topological polar surface area (TPSA) is 68.3 Å². The summed E-state index contributed by atoms with van der Waals surface area (Å²) in [6, 6.07) is 14.3. The molecule has 0 spiro atoms. The molecule has 3 rings (SSSR count). The van der Waals surface area contributed by atoms with Gasteiger partial charge in [0.15, 0.2) is 0 Å². The van der Waals surface area contributed by atoms with Crippen molar-refractivity contribution >= 4 is 45.0 Å². The molecule has 2 aromatic carbocycles. The van der Waals surface area contributed by atoms with E-state index in [1.807, 2.05) is 24.3 Å². The Morgan fingerprint density at radius 2 is 1.92 bits per heavy atom. The molecule has 1 amide bonds. The highest BCUT2D eigenvalue weighted by molar-refractivity contribution is 7.18. The van der Waals surface area contributed by atoms with E-state index in [2.05, 4.69) is 10.3 Å². The first-order valence-corrected chi connectivity index (χ1v) is 9.23. The van der Waals surface area contributed by atoms with E-state index in [0.29, 0.717) is 5.02 Å². The summed E-state index contributed by atoms with van der Waals surface area (Å²) in [6.45, 7) is 1.53. The molecule has 1 aromatic heterocycles. The van der Waals surface area contributed by atoms with E-state index in [9.17, 15) is 9.59 Å². The molecule has 0 aliphatic rings. The third-order valence-corrected chi connectivity index (χ3v) is 4.98. The normalized spacial score (nSPS) is 11.9. The van der Waals surface area contributed by atoms with Crippen molar-refractivity contribution in [1.82, 2.24) is 10.3 Å². The van der Waals surface area contributed by atoms with Crippen molar-refractivity contribution in [2.45, 2.75) is 26.0 Å². The molecule has 26 heavy (non-hydrogen) atoms. The van der Waals surface area contributed by atoms with Crippen molar-refractivity contribution in [1.29, 1.82) is 0 Å². The lowest BCUT2D eigenvalue weighted by atomic mass is 10.0. The van der Waals surface area contributed by atoms with E-state index in [1.165, 1.54) is 18.3 Å². The van der Waals surface area contributed by atoms with Crippen molar-refractivity contribution in [3.8, 4) is 0 Å². The minimum absolute atomic E-state index is 0.0338.